The second-order valence-electron chi connectivity index (χ2n) is 6.80. The highest BCUT2D eigenvalue weighted by Gasteiger charge is 2.18. The Balaban J connectivity index is 1.71. The van der Waals surface area contributed by atoms with Gasteiger partial charge in [-0.3, -0.25) is 9.36 Å². The second-order valence-corrected chi connectivity index (χ2v) is 7.74. The van der Waals surface area contributed by atoms with Crippen molar-refractivity contribution in [2.45, 2.75) is 18.2 Å². The topological polar surface area (TPSA) is 69.5 Å². The summed E-state index contributed by atoms with van der Waals surface area (Å²) in [6.07, 6.45) is 1.78. The Morgan fingerprint density at radius 1 is 1.16 bits per heavy atom. The molecule has 0 saturated carbocycles. The van der Waals surface area contributed by atoms with E-state index in [2.05, 4.69) is 16.8 Å². The third-order valence-electron chi connectivity index (χ3n) is 4.68. The molecule has 0 unspecified atom stereocenters. The molecule has 0 radical (unpaired) electrons. The van der Waals surface area contributed by atoms with Gasteiger partial charge in [-0.25, -0.2) is 0 Å². The van der Waals surface area contributed by atoms with Crippen molar-refractivity contribution in [2.75, 3.05) is 27.0 Å². The average molecular weight is 439 g/mol. The lowest BCUT2D eigenvalue weighted by Crippen LogP contribution is -2.27. The number of benzene rings is 2. The van der Waals surface area contributed by atoms with Crippen molar-refractivity contribution < 1.29 is 14.3 Å². The summed E-state index contributed by atoms with van der Waals surface area (Å²) in [5, 5.41) is 9.32. The van der Waals surface area contributed by atoms with Gasteiger partial charge in [-0.2, -0.15) is 0 Å². The Morgan fingerprint density at radius 3 is 2.71 bits per heavy atom. The molecule has 162 valence electrons. The van der Waals surface area contributed by atoms with Gasteiger partial charge in [-0.1, -0.05) is 42.1 Å². The third-order valence-corrected chi connectivity index (χ3v) is 5.63. The van der Waals surface area contributed by atoms with Gasteiger partial charge < -0.3 is 14.4 Å². The molecule has 7 nitrogen and oxygen atoms in total. The molecule has 31 heavy (non-hydrogen) atoms. The van der Waals surface area contributed by atoms with E-state index in [4.69, 9.17) is 9.47 Å². The summed E-state index contributed by atoms with van der Waals surface area (Å²) in [4.78, 5) is 14.4. The molecule has 1 aromatic heterocycles. The normalized spacial score (nSPS) is 10.5. The summed E-state index contributed by atoms with van der Waals surface area (Å²) >= 11 is 1.36. The predicted octanol–water partition coefficient (Wildman–Crippen LogP) is 3.90. The Labute approximate surface area is 186 Å². The summed E-state index contributed by atoms with van der Waals surface area (Å²) in [6.45, 7) is 4.86. The molecule has 2 aromatic carbocycles. The lowest BCUT2D eigenvalue weighted by atomic mass is 10.2. The highest BCUT2D eigenvalue weighted by atomic mass is 32.2. The SMILES string of the molecule is C=CCn1c(SCC(=O)N(C)Cc2cccc(OC)c2)nnc1-c1ccccc1OC. The van der Waals surface area contributed by atoms with Crippen LogP contribution in [-0.4, -0.2) is 52.6 Å². The van der Waals surface area contributed by atoms with Crippen LogP contribution in [0.2, 0.25) is 0 Å². The van der Waals surface area contributed by atoms with Gasteiger partial charge >= 0.3 is 0 Å². The Morgan fingerprint density at radius 2 is 1.97 bits per heavy atom. The Bertz CT molecular complexity index is 1050. The number of aromatic nitrogens is 3. The number of hydrogen-bond donors (Lipinski definition) is 0. The van der Waals surface area contributed by atoms with Gasteiger partial charge in [-0.05, 0) is 29.8 Å². The molecule has 0 atom stereocenters. The molecule has 0 N–H and O–H groups in total. The van der Waals surface area contributed by atoms with Crippen LogP contribution in [-0.2, 0) is 17.9 Å². The van der Waals surface area contributed by atoms with Crippen LogP contribution >= 0.6 is 11.8 Å². The maximum atomic E-state index is 12.7. The maximum absolute atomic E-state index is 12.7. The highest BCUT2D eigenvalue weighted by Crippen LogP contribution is 2.31. The Kier molecular flexibility index (Phi) is 7.72. The van der Waals surface area contributed by atoms with E-state index < -0.39 is 0 Å². The number of hydrogen-bond acceptors (Lipinski definition) is 6. The standard InChI is InChI=1S/C23H26N4O3S/c1-5-13-27-22(19-11-6-7-12-20(19)30-4)24-25-23(27)31-16-21(28)26(2)15-17-9-8-10-18(14-17)29-3/h5-12,14H,1,13,15-16H2,2-4H3. The van der Waals surface area contributed by atoms with Gasteiger partial charge in [0.1, 0.15) is 11.5 Å². The molecule has 8 heteroatoms. The fourth-order valence-corrected chi connectivity index (χ4v) is 3.98. The largest absolute Gasteiger partial charge is 0.497 e. The molecular formula is C23H26N4O3S. The number of carbonyl (C=O) groups excluding carboxylic acids is 1. The van der Waals surface area contributed by atoms with E-state index in [9.17, 15) is 4.79 Å². The monoisotopic (exact) mass is 438 g/mol. The minimum Gasteiger partial charge on any atom is -0.497 e. The van der Waals surface area contributed by atoms with E-state index in [-0.39, 0.29) is 11.7 Å². The van der Waals surface area contributed by atoms with Crippen LogP contribution < -0.4 is 9.47 Å². The van der Waals surface area contributed by atoms with Crippen molar-refractivity contribution in [1.29, 1.82) is 0 Å². The van der Waals surface area contributed by atoms with Gasteiger partial charge in [0.05, 0.1) is 25.5 Å². The number of ether oxygens (including phenoxy) is 2. The van der Waals surface area contributed by atoms with Crippen LogP contribution in [0.15, 0.2) is 66.3 Å². The maximum Gasteiger partial charge on any atom is 0.233 e. The van der Waals surface area contributed by atoms with E-state index in [0.717, 1.165) is 16.9 Å². The smallest absolute Gasteiger partial charge is 0.233 e. The number of amides is 1. The molecule has 0 saturated heterocycles. The van der Waals surface area contributed by atoms with Gasteiger partial charge in [0.15, 0.2) is 11.0 Å². The van der Waals surface area contributed by atoms with Crippen LogP contribution in [0.5, 0.6) is 11.5 Å². The summed E-state index contributed by atoms with van der Waals surface area (Å²) in [5.41, 5.74) is 1.85. The van der Waals surface area contributed by atoms with Gasteiger partial charge in [-0.15, -0.1) is 16.8 Å². The third kappa shape index (κ3) is 5.46. The van der Waals surface area contributed by atoms with Crippen LogP contribution in [0.3, 0.4) is 0 Å². The number of para-hydroxylation sites is 1. The number of methoxy groups -OCH3 is 2. The van der Waals surface area contributed by atoms with Crippen molar-refractivity contribution in [3.63, 3.8) is 0 Å². The first-order valence-corrected chi connectivity index (χ1v) is 10.7. The first-order chi connectivity index (χ1) is 15.1. The lowest BCUT2D eigenvalue weighted by Gasteiger charge is -2.17. The van der Waals surface area contributed by atoms with Crippen molar-refractivity contribution >= 4 is 17.7 Å². The minimum absolute atomic E-state index is 0.000172. The van der Waals surface area contributed by atoms with Crippen molar-refractivity contribution in [3.05, 3.63) is 66.7 Å². The quantitative estimate of drug-likeness (QED) is 0.353. The molecule has 3 aromatic rings. The molecular weight excluding hydrogens is 412 g/mol. The molecule has 1 amide bonds. The first kappa shape index (κ1) is 22.4. The van der Waals surface area contributed by atoms with E-state index in [1.165, 1.54) is 11.8 Å². The van der Waals surface area contributed by atoms with Gasteiger partial charge in [0.2, 0.25) is 5.91 Å². The molecule has 0 aliphatic heterocycles. The number of allylic oxidation sites excluding steroid dienone is 1. The summed E-state index contributed by atoms with van der Waals surface area (Å²) in [6, 6.07) is 15.3. The van der Waals surface area contributed by atoms with Gasteiger partial charge in [0, 0.05) is 20.1 Å². The highest BCUT2D eigenvalue weighted by molar-refractivity contribution is 7.99. The first-order valence-electron chi connectivity index (χ1n) is 9.74. The molecule has 3 rings (SSSR count). The zero-order valence-electron chi connectivity index (χ0n) is 17.9. The fourth-order valence-electron chi connectivity index (χ4n) is 3.09. The molecule has 0 aliphatic rings. The lowest BCUT2D eigenvalue weighted by molar-refractivity contribution is -0.127. The van der Waals surface area contributed by atoms with E-state index in [1.54, 1.807) is 32.2 Å². The van der Waals surface area contributed by atoms with Crippen molar-refractivity contribution in [1.82, 2.24) is 19.7 Å². The average Bonchev–Trinajstić information content (AvgIpc) is 3.20. The molecule has 0 aliphatic carbocycles. The summed E-state index contributed by atoms with van der Waals surface area (Å²) < 4.78 is 12.6. The molecule has 0 spiro atoms. The zero-order valence-corrected chi connectivity index (χ0v) is 18.8. The number of thioether (sulfide) groups is 1. The number of nitrogens with zero attached hydrogens (tertiary/aromatic N) is 4. The van der Waals surface area contributed by atoms with E-state index in [0.29, 0.717) is 29.8 Å². The Hall–Kier alpha value is -3.26. The fraction of sp³-hybridized carbons (Fsp3) is 0.261. The van der Waals surface area contributed by atoms with Crippen molar-refractivity contribution in [2.24, 2.45) is 0 Å². The summed E-state index contributed by atoms with van der Waals surface area (Å²) in [7, 11) is 5.04. The van der Waals surface area contributed by atoms with Gasteiger partial charge in [0.25, 0.3) is 0 Å². The molecule has 0 bridgehead atoms. The number of carbonyl (C=O) groups is 1. The van der Waals surface area contributed by atoms with Crippen LogP contribution in [0, 0.1) is 0 Å². The van der Waals surface area contributed by atoms with Crippen LogP contribution in [0.25, 0.3) is 11.4 Å². The van der Waals surface area contributed by atoms with E-state index >= 15 is 0 Å². The second kappa shape index (κ2) is 10.7. The van der Waals surface area contributed by atoms with Crippen molar-refractivity contribution in [3.8, 4) is 22.9 Å². The minimum atomic E-state index is -0.000172. The van der Waals surface area contributed by atoms with Crippen LogP contribution in [0.1, 0.15) is 5.56 Å². The van der Waals surface area contributed by atoms with Crippen LogP contribution in [0.4, 0.5) is 0 Å². The zero-order chi connectivity index (χ0) is 22.2. The molecule has 0 fully saturated rings. The van der Waals surface area contributed by atoms with E-state index in [1.807, 2.05) is 53.1 Å². The number of rotatable bonds is 10. The predicted molar refractivity (Wildman–Crippen MR) is 122 cm³/mol. The summed E-state index contributed by atoms with van der Waals surface area (Å²) in [5.74, 6) is 2.42. The molecule has 1 heterocycles.